The molecule has 0 amide bonds. The predicted octanol–water partition coefficient (Wildman–Crippen LogP) is 5.57. The van der Waals surface area contributed by atoms with E-state index in [1.54, 1.807) is 55.4 Å². The van der Waals surface area contributed by atoms with Gasteiger partial charge in [-0.3, -0.25) is 9.36 Å². The number of rotatable bonds is 4. The van der Waals surface area contributed by atoms with Gasteiger partial charge in [0.15, 0.2) is 0 Å². The molecule has 0 aliphatic rings. The van der Waals surface area contributed by atoms with Gasteiger partial charge in [0, 0.05) is 47.4 Å². The van der Waals surface area contributed by atoms with Crippen molar-refractivity contribution in [1.29, 1.82) is 0 Å². The van der Waals surface area contributed by atoms with Crippen LogP contribution in [0.5, 0.6) is 0 Å². The second-order valence-corrected chi connectivity index (χ2v) is 9.41. The van der Waals surface area contributed by atoms with Crippen molar-refractivity contribution in [1.82, 2.24) is 24.5 Å². The molecule has 2 aromatic carbocycles. The van der Waals surface area contributed by atoms with Gasteiger partial charge in [0.25, 0.3) is 5.56 Å². The van der Waals surface area contributed by atoms with Crippen LogP contribution in [0.2, 0.25) is 10.0 Å². The van der Waals surface area contributed by atoms with Crippen LogP contribution in [-0.2, 0) is 19.0 Å². The lowest BCUT2D eigenvalue weighted by atomic mass is 9.87. The van der Waals surface area contributed by atoms with Gasteiger partial charge in [-0.2, -0.15) is 0 Å². The Labute approximate surface area is 210 Å². The van der Waals surface area contributed by atoms with Crippen LogP contribution >= 0.6 is 34.8 Å². The SMILES string of the molecule is Cn1nncc1[C@@](Cl)(c1ccc(Cl)cc1)c1cnc2c(c1)c(-c1cccc(Cl)c1)cc(=O)n2C. The van der Waals surface area contributed by atoms with Gasteiger partial charge in [-0.25, -0.2) is 9.67 Å². The number of benzene rings is 2. The van der Waals surface area contributed by atoms with Gasteiger partial charge in [-0.05, 0) is 47.0 Å². The lowest BCUT2D eigenvalue weighted by Crippen LogP contribution is -2.26. The smallest absolute Gasteiger partial charge is 0.252 e. The van der Waals surface area contributed by atoms with Crippen LogP contribution in [0.25, 0.3) is 22.2 Å². The number of pyridine rings is 2. The third-order valence-corrected chi connectivity index (χ3v) is 7.03. The summed E-state index contributed by atoms with van der Waals surface area (Å²) in [5, 5.41) is 10.1. The minimum Gasteiger partial charge on any atom is -0.296 e. The molecule has 0 spiro atoms. The molecule has 0 unspecified atom stereocenters. The van der Waals surface area contributed by atoms with Crippen molar-refractivity contribution < 1.29 is 0 Å². The highest BCUT2D eigenvalue weighted by molar-refractivity contribution is 6.31. The molecular weight excluding hydrogens is 493 g/mol. The number of hydrogen-bond donors (Lipinski definition) is 0. The van der Waals surface area contributed by atoms with Gasteiger partial charge in [0.05, 0.1) is 11.9 Å². The number of nitrogens with zero attached hydrogens (tertiary/aromatic N) is 5. The lowest BCUT2D eigenvalue weighted by molar-refractivity contribution is 0.649. The summed E-state index contributed by atoms with van der Waals surface area (Å²) in [5.41, 5.74) is 4.01. The highest BCUT2D eigenvalue weighted by Gasteiger charge is 2.38. The molecule has 6 nitrogen and oxygen atoms in total. The average Bonchev–Trinajstić information content (AvgIpc) is 3.27. The van der Waals surface area contributed by atoms with E-state index < -0.39 is 4.87 Å². The van der Waals surface area contributed by atoms with E-state index in [4.69, 9.17) is 34.8 Å². The molecule has 170 valence electrons. The fraction of sp³-hybridized carbons (Fsp3) is 0.120. The highest BCUT2D eigenvalue weighted by Crippen LogP contribution is 2.44. The van der Waals surface area contributed by atoms with E-state index in [0.717, 1.165) is 16.5 Å². The van der Waals surface area contributed by atoms with E-state index in [-0.39, 0.29) is 5.56 Å². The average molecular weight is 511 g/mol. The van der Waals surface area contributed by atoms with Crippen molar-refractivity contribution in [3.63, 3.8) is 0 Å². The first-order valence-corrected chi connectivity index (χ1v) is 11.5. The largest absolute Gasteiger partial charge is 0.296 e. The van der Waals surface area contributed by atoms with Crippen LogP contribution in [0.4, 0.5) is 0 Å². The summed E-state index contributed by atoms with van der Waals surface area (Å²) >= 11 is 19.8. The van der Waals surface area contributed by atoms with Crippen LogP contribution in [0.3, 0.4) is 0 Å². The van der Waals surface area contributed by atoms with Crippen LogP contribution in [0, 0.1) is 0 Å². The third-order valence-electron chi connectivity index (χ3n) is 5.92. The van der Waals surface area contributed by atoms with Crippen LogP contribution in [-0.4, -0.2) is 24.5 Å². The number of aryl methyl sites for hydroxylation is 2. The van der Waals surface area contributed by atoms with E-state index in [9.17, 15) is 4.79 Å². The maximum atomic E-state index is 12.7. The number of aromatic nitrogens is 5. The zero-order valence-electron chi connectivity index (χ0n) is 18.2. The van der Waals surface area contributed by atoms with Gasteiger partial charge in [0.1, 0.15) is 10.5 Å². The lowest BCUT2D eigenvalue weighted by Gasteiger charge is -2.28. The van der Waals surface area contributed by atoms with Crippen molar-refractivity contribution in [2.24, 2.45) is 14.1 Å². The van der Waals surface area contributed by atoms with Crippen molar-refractivity contribution >= 4 is 45.8 Å². The normalized spacial score (nSPS) is 13.2. The number of halogens is 3. The minimum atomic E-state index is -1.16. The Kier molecular flexibility index (Phi) is 5.68. The van der Waals surface area contributed by atoms with E-state index >= 15 is 0 Å². The van der Waals surface area contributed by atoms with Crippen molar-refractivity contribution in [2.45, 2.75) is 4.87 Å². The maximum absolute atomic E-state index is 12.7. The van der Waals surface area contributed by atoms with Gasteiger partial charge in [-0.1, -0.05) is 52.7 Å². The molecule has 3 aromatic heterocycles. The van der Waals surface area contributed by atoms with E-state index in [2.05, 4.69) is 15.3 Å². The molecule has 1 atom stereocenters. The summed E-state index contributed by atoms with van der Waals surface area (Å²) in [5.74, 6) is 0. The maximum Gasteiger partial charge on any atom is 0.252 e. The highest BCUT2D eigenvalue weighted by atomic mass is 35.5. The molecule has 34 heavy (non-hydrogen) atoms. The number of alkyl halides is 1. The first kappa shape index (κ1) is 22.6. The minimum absolute atomic E-state index is 0.173. The summed E-state index contributed by atoms with van der Waals surface area (Å²) in [6.07, 6.45) is 3.31. The number of fused-ring (bicyclic) bond motifs is 1. The molecule has 0 N–H and O–H groups in total. The molecule has 0 saturated carbocycles. The summed E-state index contributed by atoms with van der Waals surface area (Å²) in [6.45, 7) is 0. The first-order valence-electron chi connectivity index (χ1n) is 10.4. The molecule has 3 heterocycles. The topological polar surface area (TPSA) is 65.6 Å². The second-order valence-electron chi connectivity index (χ2n) is 7.97. The van der Waals surface area contributed by atoms with Crippen LogP contribution < -0.4 is 5.56 Å². The predicted molar refractivity (Wildman–Crippen MR) is 136 cm³/mol. The van der Waals surface area contributed by atoms with E-state index in [1.165, 1.54) is 4.57 Å². The summed E-state index contributed by atoms with van der Waals surface area (Å²) in [7, 11) is 3.47. The van der Waals surface area contributed by atoms with Gasteiger partial charge in [-0.15, -0.1) is 16.7 Å². The Bertz CT molecular complexity index is 1590. The summed E-state index contributed by atoms with van der Waals surface area (Å²) in [6, 6.07) is 18.2. The van der Waals surface area contributed by atoms with Gasteiger partial charge in [0.2, 0.25) is 0 Å². The Balaban J connectivity index is 1.84. The zero-order chi connectivity index (χ0) is 24.0. The molecule has 0 aliphatic heterocycles. The molecule has 0 radical (unpaired) electrons. The van der Waals surface area contributed by atoms with Gasteiger partial charge >= 0.3 is 0 Å². The molecule has 0 fully saturated rings. The molecule has 0 bridgehead atoms. The molecule has 5 rings (SSSR count). The van der Waals surface area contributed by atoms with E-state index in [1.807, 2.05) is 36.4 Å². The fourth-order valence-electron chi connectivity index (χ4n) is 4.15. The Morgan fingerprint density at radius 1 is 0.882 bits per heavy atom. The molecule has 0 saturated heterocycles. The van der Waals surface area contributed by atoms with Crippen LogP contribution in [0.1, 0.15) is 16.8 Å². The van der Waals surface area contributed by atoms with Crippen molar-refractivity contribution in [3.8, 4) is 11.1 Å². The monoisotopic (exact) mass is 509 g/mol. The van der Waals surface area contributed by atoms with Crippen LogP contribution in [0.15, 0.2) is 77.9 Å². The molecule has 0 aliphatic carbocycles. The Morgan fingerprint density at radius 3 is 2.32 bits per heavy atom. The standard InChI is InChI=1S/C25H18Cl3N5O/c1-32-23(34)12-20(15-4-3-5-19(27)10-15)21-11-17(13-29-24(21)32)25(28,22-14-30-31-33(22)2)16-6-8-18(26)9-7-16/h3-14H,1-2H3/t25-/m1/s1. The third kappa shape index (κ3) is 3.68. The fourth-order valence-corrected chi connectivity index (χ4v) is 4.87. The Hall–Kier alpha value is -3.19. The van der Waals surface area contributed by atoms with Crippen molar-refractivity contribution in [2.75, 3.05) is 0 Å². The van der Waals surface area contributed by atoms with Crippen molar-refractivity contribution in [3.05, 3.63) is 110 Å². The number of hydrogen-bond acceptors (Lipinski definition) is 4. The summed E-state index contributed by atoms with van der Waals surface area (Å²) < 4.78 is 3.14. The summed E-state index contributed by atoms with van der Waals surface area (Å²) in [4.78, 5) is 16.2. The Morgan fingerprint density at radius 2 is 1.65 bits per heavy atom. The molecule has 9 heteroatoms. The molecule has 5 aromatic rings. The van der Waals surface area contributed by atoms with Gasteiger partial charge < -0.3 is 0 Å². The van der Waals surface area contributed by atoms with E-state index in [0.29, 0.717) is 32.5 Å². The zero-order valence-corrected chi connectivity index (χ0v) is 20.5. The quantitative estimate of drug-likeness (QED) is 0.297. The molecular formula is C25H18Cl3N5O. The second kappa shape index (κ2) is 8.55. The first-order chi connectivity index (χ1) is 16.3.